The summed E-state index contributed by atoms with van der Waals surface area (Å²) in [6.07, 6.45) is 0.906. The highest BCUT2D eigenvalue weighted by Gasteiger charge is 2.58. The molecule has 0 saturated heterocycles. The molecule has 0 bridgehead atoms. The third-order valence-corrected chi connectivity index (χ3v) is 5.35. The Balaban J connectivity index is 2.02. The predicted octanol–water partition coefficient (Wildman–Crippen LogP) is 1.97. The maximum atomic E-state index is 12.4. The van der Waals surface area contributed by atoms with Crippen molar-refractivity contribution < 1.29 is 19.5 Å². The van der Waals surface area contributed by atoms with Gasteiger partial charge in [-0.1, -0.05) is 32.0 Å². The highest BCUT2D eigenvalue weighted by atomic mass is 16.4. The summed E-state index contributed by atoms with van der Waals surface area (Å²) >= 11 is 0. The smallest absolute Gasteiger partial charge is 0.309 e. The van der Waals surface area contributed by atoms with Crippen molar-refractivity contribution in [3.05, 3.63) is 35.9 Å². The number of carboxylic acids is 1. The topological polar surface area (TPSA) is 95.5 Å². The molecule has 0 radical (unpaired) electrons. The molecule has 0 aromatic heterocycles. The number of benzene rings is 1. The second-order valence-corrected chi connectivity index (χ2v) is 6.76. The molecule has 0 unspecified atom stereocenters. The Morgan fingerprint density at radius 1 is 1.09 bits per heavy atom. The summed E-state index contributed by atoms with van der Waals surface area (Å²) < 4.78 is 0. The molecule has 1 aliphatic carbocycles. The first-order valence-electron chi connectivity index (χ1n) is 7.59. The normalized spacial score (nSPS) is 25.6. The van der Waals surface area contributed by atoms with Crippen molar-refractivity contribution in [1.29, 1.82) is 0 Å². The molecule has 2 atom stereocenters. The van der Waals surface area contributed by atoms with Gasteiger partial charge in [0.15, 0.2) is 0 Å². The fraction of sp³-hybridized carbons (Fsp3) is 0.471. The van der Waals surface area contributed by atoms with Crippen molar-refractivity contribution in [1.82, 2.24) is 10.9 Å². The maximum Gasteiger partial charge on any atom is 0.309 e. The van der Waals surface area contributed by atoms with Crippen LogP contribution in [0.3, 0.4) is 0 Å². The van der Waals surface area contributed by atoms with Gasteiger partial charge in [0.25, 0.3) is 5.91 Å². The van der Waals surface area contributed by atoms with Gasteiger partial charge in [0.2, 0.25) is 5.91 Å². The lowest BCUT2D eigenvalue weighted by Crippen LogP contribution is -2.49. The van der Waals surface area contributed by atoms with E-state index in [1.165, 1.54) is 0 Å². The maximum absolute atomic E-state index is 12.4. The minimum absolute atomic E-state index is 0.357. The summed E-state index contributed by atoms with van der Waals surface area (Å²) in [5, 5.41) is 9.47. The average molecular weight is 318 g/mol. The highest BCUT2D eigenvalue weighted by Crippen LogP contribution is 2.56. The number of rotatable bonds is 3. The van der Waals surface area contributed by atoms with Crippen molar-refractivity contribution >= 4 is 17.8 Å². The predicted molar refractivity (Wildman–Crippen MR) is 84.3 cm³/mol. The molecule has 2 amide bonds. The number of aliphatic carboxylic acids is 1. The van der Waals surface area contributed by atoms with Gasteiger partial charge >= 0.3 is 5.97 Å². The van der Waals surface area contributed by atoms with E-state index in [1.54, 1.807) is 51.1 Å². The lowest BCUT2D eigenvalue weighted by molar-refractivity contribution is -0.155. The molecule has 1 fully saturated rings. The summed E-state index contributed by atoms with van der Waals surface area (Å²) in [5.74, 6) is -2.13. The van der Waals surface area contributed by atoms with Gasteiger partial charge in [-0.05, 0) is 37.3 Å². The Bertz CT molecular complexity index is 627. The summed E-state index contributed by atoms with van der Waals surface area (Å²) in [6, 6.07) is 8.54. The molecule has 1 aliphatic rings. The van der Waals surface area contributed by atoms with Crippen LogP contribution in [-0.2, 0) is 9.59 Å². The molecule has 3 N–H and O–H groups in total. The monoisotopic (exact) mass is 318 g/mol. The Labute approximate surface area is 135 Å². The van der Waals surface area contributed by atoms with Crippen molar-refractivity contribution in [2.45, 2.75) is 33.6 Å². The number of nitrogens with one attached hydrogen (secondary N) is 2. The lowest BCUT2D eigenvalue weighted by atomic mass is 9.65. The molecule has 1 aromatic carbocycles. The minimum Gasteiger partial charge on any atom is -0.481 e. The molecule has 23 heavy (non-hydrogen) atoms. The first-order chi connectivity index (χ1) is 10.7. The Morgan fingerprint density at radius 2 is 1.70 bits per heavy atom. The van der Waals surface area contributed by atoms with Crippen LogP contribution in [0.15, 0.2) is 30.3 Å². The summed E-state index contributed by atoms with van der Waals surface area (Å²) in [5.41, 5.74) is 3.58. The first-order valence-corrected chi connectivity index (χ1v) is 7.59. The van der Waals surface area contributed by atoms with Crippen molar-refractivity contribution in [3.63, 3.8) is 0 Å². The number of hydrazine groups is 1. The second-order valence-electron chi connectivity index (χ2n) is 6.76. The number of amides is 2. The number of carbonyl (C=O) groups is 3. The van der Waals surface area contributed by atoms with E-state index in [2.05, 4.69) is 10.9 Å². The largest absolute Gasteiger partial charge is 0.481 e. The number of hydrogen-bond acceptors (Lipinski definition) is 3. The molecule has 0 aliphatic heterocycles. The van der Waals surface area contributed by atoms with Crippen LogP contribution in [0.1, 0.15) is 44.0 Å². The molecule has 6 heteroatoms. The van der Waals surface area contributed by atoms with E-state index in [0.29, 0.717) is 18.4 Å². The molecule has 0 heterocycles. The third-order valence-electron chi connectivity index (χ3n) is 5.35. The molecule has 1 aromatic rings. The second kappa shape index (κ2) is 6.02. The van der Waals surface area contributed by atoms with Crippen LogP contribution >= 0.6 is 0 Å². The van der Waals surface area contributed by atoms with Crippen molar-refractivity contribution in [2.75, 3.05) is 0 Å². The molecular weight excluding hydrogens is 296 g/mol. The molecule has 0 spiro atoms. The first kappa shape index (κ1) is 17.0. The zero-order valence-corrected chi connectivity index (χ0v) is 13.6. The summed E-state index contributed by atoms with van der Waals surface area (Å²) in [6.45, 7) is 5.25. The molecule has 124 valence electrons. The van der Waals surface area contributed by atoms with Crippen molar-refractivity contribution in [2.24, 2.45) is 16.7 Å². The molecular formula is C17H22N2O4. The fourth-order valence-corrected chi connectivity index (χ4v) is 3.21. The number of carbonyl (C=O) groups excluding carboxylic acids is 2. The van der Waals surface area contributed by atoms with E-state index in [9.17, 15) is 19.5 Å². The highest BCUT2D eigenvalue weighted by molar-refractivity contribution is 5.95. The van der Waals surface area contributed by atoms with Crippen LogP contribution in [0.5, 0.6) is 0 Å². The van der Waals surface area contributed by atoms with Crippen LogP contribution in [0.2, 0.25) is 0 Å². The molecule has 6 nitrogen and oxygen atoms in total. The van der Waals surface area contributed by atoms with Gasteiger partial charge in [0.05, 0.1) is 5.41 Å². The summed E-state index contributed by atoms with van der Waals surface area (Å²) in [4.78, 5) is 35.9. The van der Waals surface area contributed by atoms with E-state index >= 15 is 0 Å². The molecule has 2 rings (SSSR count). The van der Waals surface area contributed by atoms with Gasteiger partial charge in [-0.2, -0.15) is 0 Å². The van der Waals surface area contributed by atoms with Crippen LogP contribution in [0.25, 0.3) is 0 Å². The minimum atomic E-state index is -0.960. The zero-order valence-electron chi connectivity index (χ0n) is 13.6. The zero-order chi connectivity index (χ0) is 17.3. The Kier molecular flexibility index (Phi) is 4.45. The van der Waals surface area contributed by atoms with Gasteiger partial charge in [-0.15, -0.1) is 0 Å². The van der Waals surface area contributed by atoms with Crippen LogP contribution < -0.4 is 10.9 Å². The quantitative estimate of drug-likeness (QED) is 0.743. The van der Waals surface area contributed by atoms with E-state index in [0.717, 1.165) is 0 Å². The van der Waals surface area contributed by atoms with Crippen LogP contribution in [-0.4, -0.2) is 22.9 Å². The van der Waals surface area contributed by atoms with E-state index in [4.69, 9.17) is 0 Å². The van der Waals surface area contributed by atoms with Gasteiger partial charge in [-0.25, -0.2) is 0 Å². The third kappa shape index (κ3) is 2.93. The van der Waals surface area contributed by atoms with E-state index < -0.39 is 28.6 Å². The fourth-order valence-electron chi connectivity index (χ4n) is 3.21. The van der Waals surface area contributed by atoms with Crippen LogP contribution in [0, 0.1) is 16.7 Å². The average Bonchev–Trinajstić information content (AvgIpc) is 2.77. The van der Waals surface area contributed by atoms with Crippen LogP contribution in [0.4, 0.5) is 0 Å². The van der Waals surface area contributed by atoms with Crippen molar-refractivity contribution in [3.8, 4) is 0 Å². The Morgan fingerprint density at radius 3 is 2.22 bits per heavy atom. The van der Waals surface area contributed by atoms with Gasteiger partial charge in [-0.3, -0.25) is 25.2 Å². The number of hydrogen-bond donors (Lipinski definition) is 3. The Hall–Kier alpha value is -2.37. The van der Waals surface area contributed by atoms with E-state index in [1.807, 2.05) is 0 Å². The molecule has 1 saturated carbocycles. The number of carboxylic acid groups (broad SMARTS) is 1. The van der Waals surface area contributed by atoms with E-state index in [-0.39, 0.29) is 5.91 Å². The van der Waals surface area contributed by atoms with Gasteiger partial charge < -0.3 is 5.11 Å². The van der Waals surface area contributed by atoms with Gasteiger partial charge in [0.1, 0.15) is 0 Å². The van der Waals surface area contributed by atoms with Gasteiger partial charge in [0, 0.05) is 11.5 Å². The summed E-state index contributed by atoms with van der Waals surface area (Å²) in [7, 11) is 0. The lowest BCUT2D eigenvalue weighted by Gasteiger charge is -2.37. The SMILES string of the molecule is CC1(C)[C@H](C(=O)NNC(=O)c2ccccc2)CC[C@]1(C)C(=O)O. The standard InChI is InChI=1S/C17H22N2O4/c1-16(2)12(9-10-17(16,3)15(22)23)14(21)19-18-13(20)11-7-5-4-6-8-11/h4-8,12H,9-10H2,1-3H3,(H,18,20)(H,19,21)(H,22,23)/t12-,17+/m0/s1.